The van der Waals surface area contributed by atoms with Gasteiger partial charge in [0.15, 0.2) is 6.10 Å². The van der Waals surface area contributed by atoms with Crippen molar-refractivity contribution in [2.45, 2.75) is 13.0 Å². The van der Waals surface area contributed by atoms with Gasteiger partial charge in [0.2, 0.25) is 5.78 Å². The Balaban J connectivity index is 1.73. The van der Waals surface area contributed by atoms with E-state index in [2.05, 4.69) is 4.98 Å². The number of esters is 1. The number of nitrogens with one attached hydrogen (secondary N) is 1. The number of aromatic amines is 1. The van der Waals surface area contributed by atoms with Crippen molar-refractivity contribution in [2.24, 2.45) is 0 Å². The molecule has 0 radical (unpaired) electrons. The molecular formula is C20H20N2O3. The second kappa shape index (κ2) is 6.81. The molecule has 0 spiro atoms. The van der Waals surface area contributed by atoms with Crippen molar-refractivity contribution in [1.29, 1.82) is 0 Å². The summed E-state index contributed by atoms with van der Waals surface area (Å²) in [5.74, 6) is -0.735. The van der Waals surface area contributed by atoms with Crippen LogP contribution in [0.4, 0.5) is 5.69 Å². The van der Waals surface area contributed by atoms with E-state index >= 15 is 0 Å². The Morgan fingerprint density at radius 2 is 1.72 bits per heavy atom. The summed E-state index contributed by atoms with van der Waals surface area (Å²) in [5, 5.41) is 0.825. The normalized spacial score (nSPS) is 12.0. The average Bonchev–Trinajstić information content (AvgIpc) is 3.05. The molecule has 0 aliphatic carbocycles. The molecule has 0 aliphatic rings. The van der Waals surface area contributed by atoms with Gasteiger partial charge in [-0.15, -0.1) is 0 Å². The van der Waals surface area contributed by atoms with E-state index in [-0.39, 0.29) is 5.78 Å². The van der Waals surface area contributed by atoms with Gasteiger partial charge in [0.05, 0.1) is 5.56 Å². The van der Waals surface area contributed by atoms with Crippen LogP contribution in [0, 0.1) is 0 Å². The Kier molecular flexibility index (Phi) is 4.57. The Labute approximate surface area is 146 Å². The number of H-pyrrole nitrogens is 1. The monoisotopic (exact) mass is 336 g/mol. The highest BCUT2D eigenvalue weighted by Gasteiger charge is 2.22. The van der Waals surface area contributed by atoms with Gasteiger partial charge < -0.3 is 14.6 Å². The number of Topliss-reactive ketones (excluding diaryl/α,β-unsaturated/α-hetero) is 1. The molecule has 2 aromatic carbocycles. The number of carbonyl (C=O) groups is 2. The third-order valence-corrected chi connectivity index (χ3v) is 4.13. The zero-order valence-electron chi connectivity index (χ0n) is 14.4. The predicted octanol–water partition coefficient (Wildman–Crippen LogP) is 3.66. The number of aromatic nitrogens is 1. The van der Waals surface area contributed by atoms with Crippen molar-refractivity contribution >= 4 is 28.3 Å². The van der Waals surface area contributed by atoms with E-state index in [9.17, 15) is 9.59 Å². The Hall–Kier alpha value is -3.08. The molecule has 0 bridgehead atoms. The van der Waals surface area contributed by atoms with Gasteiger partial charge in [-0.2, -0.15) is 0 Å². The van der Waals surface area contributed by atoms with Crippen LogP contribution in [0.1, 0.15) is 27.6 Å². The summed E-state index contributed by atoms with van der Waals surface area (Å²) in [6, 6.07) is 14.6. The van der Waals surface area contributed by atoms with Crippen LogP contribution in [0.5, 0.6) is 0 Å². The van der Waals surface area contributed by atoms with Gasteiger partial charge in [-0.05, 0) is 37.3 Å². The lowest BCUT2D eigenvalue weighted by molar-refractivity contribution is 0.0319. The lowest BCUT2D eigenvalue weighted by Gasteiger charge is -2.14. The van der Waals surface area contributed by atoms with Crippen molar-refractivity contribution in [3.63, 3.8) is 0 Å². The first-order chi connectivity index (χ1) is 12.0. The minimum absolute atomic E-state index is 0.226. The summed E-state index contributed by atoms with van der Waals surface area (Å²) in [6.07, 6.45) is 0.795. The summed E-state index contributed by atoms with van der Waals surface area (Å²) >= 11 is 0. The van der Waals surface area contributed by atoms with Gasteiger partial charge in [-0.25, -0.2) is 4.79 Å². The van der Waals surface area contributed by atoms with Gasteiger partial charge in [0.1, 0.15) is 0 Å². The van der Waals surface area contributed by atoms with Crippen LogP contribution in [0.3, 0.4) is 0 Å². The zero-order chi connectivity index (χ0) is 18.0. The number of para-hydroxylation sites is 1. The summed E-state index contributed by atoms with van der Waals surface area (Å²) in [6.45, 7) is 1.59. The first kappa shape index (κ1) is 16.8. The fourth-order valence-electron chi connectivity index (χ4n) is 2.67. The predicted molar refractivity (Wildman–Crippen MR) is 98.3 cm³/mol. The number of ether oxygens (including phenoxy) is 1. The van der Waals surface area contributed by atoms with Gasteiger partial charge >= 0.3 is 5.97 Å². The molecule has 1 atom stereocenters. The molecule has 0 saturated carbocycles. The molecule has 25 heavy (non-hydrogen) atoms. The summed E-state index contributed by atoms with van der Waals surface area (Å²) in [7, 11) is 3.85. The van der Waals surface area contributed by atoms with Crippen LogP contribution >= 0.6 is 0 Å². The molecule has 128 valence electrons. The maximum Gasteiger partial charge on any atom is 0.338 e. The third-order valence-electron chi connectivity index (χ3n) is 4.13. The van der Waals surface area contributed by atoms with E-state index in [1.54, 1.807) is 25.3 Å². The molecule has 1 N–H and O–H groups in total. The Morgan fingerprint density at radius 1 is 1.04 bits per heavy atom. The molecule has 1 heterocycles. The smallest absolute Gasteiger partial charge is 0.338 e. The molecule has 0 fully saturated rings. The number of fused-ring (bicyclic) bond motifs is 1. The third kappa shape index (κ3) is 3.40. The highest BCUT2D eigenvalue weighted by Crippen LogP contribution is 2.20. The SMILES string of the molecule is C[C@H](OC(=O)c1ccc(N(C)C)cc1)C(=O)c1c[nH]c2ccccc12. The van der Waals surface area contributed by atoms with Crippen LogP contribution in [-0.4, -0.2) is 36.9 Å². The highest BCUT2D eigenvalue weighted by atomic mass is 16.5. The Morgan fingerprint density at radius 3 is 2.40 bits per heavy atom. The number of rotatable bonds is 5. The molecular weight excluding hydrogens is 316 g/mol. The number of carbonyl (C=O) groups excluding carboxylic acids is 2. The van der Waals surface area contributed by atoms with E-state index < -0.39 is 12.1 Å². The van der Waals surface area contributed by atoms with Crippen molar-refractivity contribution in [3.05, 3.63) is 65.9 Å². The number of nitrogens with zero attached hydrogens (tertiary/aromatic N) is 1. The van der Waals surface area contributed by atoms with Gasteiger partial charge in [0.25, 0.3) is 0 Å². The lowest BCUT2D eigenvalue weighted by atomic mass is 10.1. The molecule has 0 unspecified atom stereocenters. The molecule has 1 aromatic heterocycles. The topological polar surface area (TPSA) is 62.4 Å². The number of anilines is 1. The molecule has 0 amide bonds. The van der Waals surface area contributed by atoms with E-state index in [4.69, 9.17) is 4.74 Å². The summed E-state index contributed by atoms with van der Waals surface area (Å²) in [5.41, 5.74) is 2.81. The quantitative estimate of drug-likeness (QED) is 0.570. The molecule has 0 aliphatic heterocycles. The fraction of sp³-hybridized carbons (Fsp3) is 0.200. The second-order valence-corrected chi connectivity index (χ2v) is 6.10. The van der Waals surface area contributed by atoms with Crippen molar-refractivity contribution < 1.29 is 14.3 Å². The molecule has 3 aromatic rings. The number of hydrogen-bond acceptors (Lipinski definition) is 4. The summed E-state index contributed by atoms with van der Waals surface area (Å²) < 4.78 is 5.36. The Bertz CT molecular complexity index is 910. The van der Waals surface area contributed by atoms with Crippen LogP contribution in [0.25, 0.3) is 10.9 Å². The van der Waals surface area contributed by atoms with Crippen LogP contribution in [0.2, 0.25) is 0 Å². The van der Waals surface area contributed by atoms with Gasteiger partial charge in [-0.1, -0.05) is 18.2 Å². The van der Waals surface area contributed by atoms with Crippen LogP contribution in [0.15, 0.2) is 54.7 Å². The number of ketones is 1. The minimum atomic E-state index is -0.861. The van der Waals surface area contributed by atoms with E-state index in [1.807, 2.05) is 55.4 Å². The van der Waals surface area contributed by atoms with Crippen LogP contribution < -0.4 is 4.90 Å². The lowest BCUT2D eigenvalue weighted by Crippen LogP contribution is -2.24. The van der Waals surface area contributed by atoms with E-state index in [0.29, 0.717) is 11.1 Å². The maximum atomic E-state index is 12.6. The van der Waals surface area contributed by atoms with Crippen LogP contribution in [-0.2, 0) is 4.74 Å². The second-order valence-electron chi connectivity index (χ2n) is 6.10. The van der Waals surface area contributed by atoms with E-state index in [1.165, 1.54) is 0 Å². The molecule has 3 rings (SSSR count). The minimum Gasteiger partial charge on any atom is -0.451 e. The van der Waals surface area contributed by atoms with E-state index in [0.717, 1.165) is 16.6 Å². The average molecular weight is 336 g/mol. The molecule has 0 saturated heterocycles. The molecule has 5 heteroatoms. The number of hydrogen-bond donors (Lipinski definition) is 1. The fourth-order valence-corrected chi connectivity index (χ4v) is 2.67. The first-order valence-electron chi connectivity index (χ1n) is 8.06. The van der Waals surface area contributed by atoms with Crippen molar-refractivity contribution in [2.75, 3.05) is 19.0 Å². The standard InChI is InChI=1S/C20H20N2O3/c1-13(19(23)17-12-21-18-7-5-4-6-16(17)18)25-20(24)14-8-10-15(11-9-14)22(2)3/h4-13,21H,1-3H3/t13-/m0/s1. The highest BCUT2D eigenvalue weighted by molar-refractivity contribution is 6.10. The van der Waals surface area contributed by atoms with Gasteiger partial charge in [0, 0.05) is 42.4 Å². The maximum absolute atomic E-state index is 12.6. The first-order valence-corrected chi connectivity index (χ1v) is 8.06. The van der Waals surface area contributed by atoms with Crippen molar-refractivity contribution in [3.8, 4) is 0 Å². The largest absolute Gasteiger partial charge is 0.451 e. The van der Waals surface area contributed by atoms with Crippen molar-refractivity contribution in [1.82, 2.24) is 4.98 Å². The molecule has 5 nitrogen and oxygen atoms in total. The summed E-state index contributed by atoms with van der Waals surface area (Å²) in [4.78, 5) is 29.9. The zero-order valence-corrected chi connectivity index (χ0v) is 14.4. The van der Waals surface area contributed by atoms with Gasteiger partial charge in [-0.3, -0.25) is 4.79 Å². The number of benzene rings is 2.